The summed E-state index contributed by atoms with van der Waals surface area (Å²) < 4.78 is 8.56. The first-order chi connectivity index (χ1) is 8.83. The standard InChI is InChI=1S/C10H13NO8.H3N.2Na.2H/c12-7(13)3-11(4-8(14)15)5-9(16)18-1-2-19-10(17)6-11;;;;;/h1-6H2,(H-,12,13,14,15);1H3;;;;. The van der Waals surface area contributed by atoms with Crippen LogP contribution in [0, 0.1) is 0 Å². The van der Waals surface area contributed by atoms with Gasteiger partial charge >= 0.3 is 77.0 Å². The predicted octanol–water partition coefficient (Wildman–Crippen LogP) is -4.40. The molecule has 12 heteroatoms. The number of carboxylic acids is 2. The summed E-state index contributed by atoms with van der Waals surface area (Å²) in [5.41, 5.74) is 0. The van der Waals surface area contributed by atoms with Gasteiger partial charge in [0.1, 0.15) is 19.8 Å². The molecular weight excluding hydrogens is 322 g/mol. The van der Waals surface area contributed by atoms with Gasteiger partial charge in [0.25, 0.3) is 0 Å². The molecule has 118 valence electrons. The molecule has 1 aliphatic rings. The first-order valence-corrected chi connectivity index (χ1v) is 5.41. The Bertz CT molecular complexity index is 380. The molecule has 0 atom stereocenters. The Morgan fingerprint density at radius 3 is 1.77 bits per heavy atom. The monoisotopic (exact) mass is 340 g/mol. The Hall–Kier alpha value is -0.200. The van der Waals surface area contributed by atoms with Crippen molar-refractivity contribution in [2.24, 2.45) is 0 Å². The number of esters is 2. The van der Waals surface area contributed by atoms with Crippen LogP contribution in [0.1, 0.15) is 0 Å². The van der Waals surface area contributed by atoms with E-state index in [9.17, 15) is 24.3 Å². The number of aliphatic carboxylic acids is 2. The predicted molar refractivity (Wildman–Crippen MR) is 73.6 cm³/mol. The van der Waals surface area contributed by atoms with Gasteiger partial charge in [0.15, 0.2) is 19.6 Å². The number of ether oxygens (including phenoxy) is 2. The first kappa shape index (κ1) is 26.7. The zero-order valence-corrected chi connectivity index (χ0v) is 10.7. The third kappa shape index (κ3) is 9.74. The van der Waals surface area contributed by atoms with Crippen molar-refractivity contribution in [2.45, 2.75) is 0 Å². The summed E-state index contributed by atoms with van der Waals surface area (Å²) in [6.07, 6.45) is 0. The van der Waals surface area contributed by atoms with Crippen molar-refractivity contribution in [2.75, 3.05) is 39.4 Å². The number of hydrogen-bond donors (Lipinski definition) is 2. The zero-order chi connectivity index (χ0) is 14.5. The molecule has 1 aliphatic heterocycles. The van der Waals surface area contributed by atoms with Crippen LogP contribution < -0.4 is 11.3 Å². The molecular formula is C10H18N2Na2O8. The van der Waals surface area contributed by atoms with E-state index in [1.165, 1.54) is 0 Å². The molecule has 0 aromatic carbocycles. The van der Waals surface area contributed by atoms with Crippen LogP contribution in [0.4, 0.5) is 0 Å². The number of cyclic esters (lactones) is 2. The fourth-order valence-corrected chi connectivity index (χ4v) is 1.85. The minimum absolute atomic E-state index is 0. The van der Waals surface area contributed by atoms with Crippen molar-refractivity contribution >= 4 is 83.0 Å². The zero-order valence-electron chi connectivity index (χ0n) is 10.7. The summed E-state index contributed by atoms with van der Waals surface area (Å²) in [6.45, 7) is -2.91. The van der Waals surface area contributed by atoms with Gasteiger partial charge in [0.2, 0.25) is 0 Å². The first-order valence-electron chi connectivity index (χ1n) is 5.41. The van der Waals surface area contributed by atoms with E-state index in [1.807, 2.05) is 0 Å². The molecule has 0 radical (unpaired) electrons. The van der Waals surface area contributed by atoms with E-state index < -0.39 is 54.5 Å². The summed E-state index contributed by atoms with van der Waals surface area (Å²) in [6, 6.07) is 0. The van der Waals surface area contributed by atoms with E-state index in [0.29, 0.717) is 0 Å². The number of carboxylic acid groups (broad SMARTS) is 2. The Morgan fingerprint density at radius 2 is 1.45 bits per heavy atom. The normalized spacial score (nSPS) is 16.7. The summed E-state index contributed by atoms with van der Waals surface area (Å²) >= 11 is 0. The quantitative estimate of drug-likeness (QED) is 0.292. The second-order valence-electron chi connectivity index (χ2n) is 4.18. The van der Waals surface area contributed by atoms with Gasteiger partial charge in [-0.2, -0.15) is 0 Å². The molecule has 0 spiro atoms. The van der Waals surface area contributed by atoms with Crippen LogP contribution in [0.5, 0.6) is 0 Å². The molecule has 0 amide bonds. The van der Waals surface area contributed by atoms with E-state index in [0.717, 1.165) is 0 Å². The van der Waals surface area contributed by atoms with Gasteiger partial charge in [-0.25, -0.2) is 14.4 Å². The molecule has 0 aromatic rings. The third-order valence-electron chi connectivity index (χ3n) is 2.47. The van der Waals surface area contributed by atoms with Crippen LogP contribution >= 0.6 is 0 Å². The molecule has 1 fully saturated rings. The van der Waals surface area contributed by atoms with Crippen molar-refractivity contribution in [1.82, 2.24) is 6.15 Å². The van der Waals surface area contributed by atoms with E-state index in [4.69, 9.17) is 14.6 Å². The van der Waals surface area contributed by atoms with Crippen molar-refractivity contribution in [1.29, 1.82) is 0 Å². The van der Waals surface area contributed by atoms with Gasteiger partial charge < -0.3 is 30.6 Å². The van der Waals surface area contributed by atoms with Gasteiger partial charge in [0.05, 0.1) is 5.97 Å². The molecule has 22 heavy (non-hydrogen) atoms. The number of nitrogens with zero attached hydrogens (tertiary/aromatic N) is 1. The number of hydrogen-bond acceptors (Lipinski definition) is 8. The van der Waals surface area contributed by atoms with Crippen molar-refractivity contribution in [3.8, 4) is 0 Å². The SMILES string of the molecule is N.O=C([O-])C[N+]1(CC(=O)O)CC(=O)OCCOC(=O)C1.[NaH].[NaH]. The molecule has 1 rings (SSSR count). The topological polar surface area (TPSA) is 165 Å². The van der Waals surface area contributed by atoms with Crippen LogP contribution in [-0.2, 0) is 28.7 Å². The van der Waals surface area contributed by atoms with E-state index in [-0.39, 0.29) is 78.5 Å². The Balaban J connectivity index is -0.00000120. The second kappa shape index (κ2) is 12.3. The van der Waals surface area contributed by atoms with Crippen LogP contribution in [0.3, 0.4) is 0 Å². The minimum atomic E-state index is -1.57. The van der Waals surface area contributed by atoms with Gasteiger partial charge in [-0.3, -0.25) is 4.48 Å². The fraction of sp³-hybridized carbons (Fsp3) is 0.600. The second-order valence-corrected chi connectivity index (χ2v) is 4.18. The van der Waals surface area contributed by atoms with Crippen LogP contribution in [0.2, 0.25) is 0 Å². The molecule has 10 nitrogen and oxygen atoms in total. The molecule has 1 saturated heterocycles. The summed E-state index contributed by atoms with van der Waals surface area (Å²) in [7, 11) is 0. The van der Waals surface area contributed by atoms with Crippen molar-refractivity contribution in [3.63, 3.8) is 0 Å². The maximum absolute atomic E-state index is 11.5. The average molecular weight is 340 g/mol. The third-order valence-corrected chi connectivity index (χ3v) is 2.47. The summed E-state index contributed by atoms with van der Waals surface area (Å²) in [5, 5.41) is 19.5. The molecule has 0 aromatic heterocycles. The van der Waals surface area contributed by atoms with E-state index in [2.05, 4.69) is 0 Å². The molecule has 1 heterocycles. The fourth-order valence-electron chi connectivity index (χ4n) is 1.85. The number of carbonyl (C=O) groups is 4. The number of rotatable bonds is 4. The Morgan fingerprint density at radius 1 is 1.05 bits per heavy atom. The number of quaternary nitrogens is 1. The van der Waals surface area contributed by atoms with Gasteiger partial charge in [0, 0.05) is 0 Å². The maximum atomic E-state index is 11.5. The van der Waals surface area contributed by atoms with Crippen LogP contribution in [-0.4, -0.2) is 132 Å². The molecule has 0 aliphatic carbocycles. The van der Waals surface area contributed by atoms with E-state index >= 15 is 0 Å². The number of carbonyl (C=O) groups excluding carboxylic acids is 3. The van der Waals surface area contributed by atoms with Crippen LogP contribution in [0.25, 0.3) is 0 Å². The molecule has 4 N–H and O–H groups in total. The van der Waals surface area contributed by atoms with Crippen molar-refractivity contribution < 1.29 is 43.3 Å². The van der Waals surface area contributed by atoms with E-state index in [1.54, 1.807) is 0 Å². The van der Waals surface area contributed by atoms with Gasteiger partial charge in [-0.05, 0) is 0 Å². The molecule has 0 bridgehead atoms. The van der Waals surface area contributed by atoms with Crippen molar-refractivity contribution in [3.05, 3.63) is 0 Å². The summed E-state index contributed by atoms with van der Waals surface area (Å²) in [5.74, 6) is -4.50. The Kier molecular flexibility index (Phi) is 14.9. The van der Waals surface area contributed by atoms with Gasteiger partial charge in [-0.15, -0.1) is 0 Å². The molecule has 0 unspecified atom stereocenters. The molecule has 0 saturated carbocycles. The average Bonchev–Trinajstić information content (AvgIpc) is 2.26. The van der Waals surface area contributed by atoms with Crippen LogP contribution in [0.15, 0.2) is 0 Å². The Labute approximate surface area is 170 Å². The summed E-state index contributed by atoms with van der Waals surface area (Å²) in [4.78, 5) is 44.5. The van der Waals surface area contributed by atoms with Gasteiger partial charge in [-0.1, -0.05) is 0 Å².